The van der Waals surface area contributed by atoms with E-state index in [1.807, 2.05) is 6.92 Å². The predicted molar refractivity (Wildman–Crippen MR) is 22.1 cm³/mol. The van der Waals surface area contributed by atoms with Crippen LogP contribution in [0.4, 0.5) is 0 Å². The zero-order valence-corrected chi connectivity index (χ0v) is 4.66. The van der Waals surface area contributed by atoms with E-state index in [-0.39, 0.29) is 24.5 Å². The van der Waals surface area contributed by atoms with Crippen LogP contribution in [-0.2, 0) is 17.1 Å². The maximum atomic E-state index is 3.49. The fourth-order valence-electron chi connectivity index (χ4n) is 0. The molecule has 0 aliphatic carbocycles. The monoisotopic (exact) mass is 121 g/mol. The van der Waals surface area contributed by atoms with Crippen LogP contribution < -0.4 is 0 Å². The molecule has 0 N–H and O–H groups in total. The second-order valence-corrected chi connectivity index (χ2v) is 0.500. The van der Waals surface area contributed by atoms with Gasteiger partial charge >= 0.3 is 17.1 Å². The Hall–Kier alpha value is 0.519. The van der Waals surface area contributed by atoms with Gasteiger partial charge in [-0.15, -0.1) is 0 Å². The van der Waals surface area contributed by atoms with Gasteiger partial charge in [0.15, 0.2) is 0 Å². The Bertz CT molecular complexity index is 3.61. The second-order valence-electron chi connectivity index (χ2n) is 0.500. The van der Waals surface area contributed by atoms with Gasteiger partial charge in [-0.25, -0.2) is 0 Å². The minimum absolute atomic E-state index is 0. The van der Waals surface area contributed by atoms with Crippen molar-refractivity contribution in [1.82, 2.24) is 0 Å². The molecule has 0 aromatic carbocycles. The SMILES string of the molecule is [CH2-]CC.[CH3-].[Cu+2]. The van der Waals surface area contributed by atoms with Crippen molar-refractivity contribution in [3.05, 3.63) is 14.4 Å². The van der Waals surface area contributed by atoms with Crippen LogP contribution in [-0.4, -0.2) is 0 Å². The van der Waals surface area contributed by atoms with Gasteiger partial charge in [0.05, 0.1) is 0 Å². The molecule has 0 aliphatic heterocycles. The fourth-order valence-corrected chi connectivity index (χ4v) is 0. The maximum absolute atomic E-state index is 3.49. The van der Waals surface area contributed by atoms with Crippen molar-refractivity contribution in [1.29, 1.82) is 0 Å². The normalized spacial score (nSPS) is 3.60. The smallest absolute Gasteiger partial charge is 0.358 e. The molecule has 1 radical (unpaired) electrons. The summed E-state index contributed by atoms with van der Waals surface area (Å²) in [5.74, 6) is 0. The van der Waals surface area contributed by atoms with Crippen LogP contribution in [0.1, 0.15) is 13.3 Å². The van der Waals surface area contributed by atoms with Gasteiger partial charge < -0.3 is 14.4 Å². The van der Waals surface area contributed by atoms with E-state index in [9.17, 15) is 0 Å². The molecule has 0 heterocycles. The Labute approximate surface area is 45.4 Å². The van der Waals surface area contributed by atoms with Gasteiger partial charge in [0.1, 0.15) is 0 Å². The molecule has 0 aromatic heterocycles. The molecule has 0 aliphatic rings. The third kappa shape index (κ3) is 106. The fraction of sp³-hybridized carbons (Fsp3) is 0.500. The Balaban J connectivity index is -0.0000000200. The molecule has 37 valence electrons. The van der Waals surface area contributed by atoms with E-state index in [1.165, 1.54) is 0 Å². The van der Waals surface area contributed by atoms with Gasteiger partial charge in [-0.1, -0.05) is 6.92 Å². The molecule has 0 saturated heterocycles. The third-order valence-corrected chi connectivity index (χ3v) is 0. The van der Waals surface area contributed by atoms with Gasteiger partial charge in [-0.05, 0) is 0 Å². The van der Waals surface area contributed by atoms with E-state index in [1.54, 1.807) is 0 Å². The molecule has 5 heavy (non-hydrogen) atoms. The van der Waals surface area contributed by atoms with Crippen LogP contribution in [0.25, 0.3) is 0 Å². The van der Waals surface area contributed by atoms with E-state index < -0.39 is 0 Å². The molecular formula is C4H10Cu. The van der Waals surface area contributed by atoms with E-state index in [2.05, 4.69) is 6.92 Å². The summed E-state index contributed by atoms with van der Waals surface area (Å²) in [6.07, 6.45) is 1.00. The van der Waals surface area contributed by atoms with Gasteiger partial charge in [0, 0.05) is 0 Å². The first-order valence-electron chi connectivity index (χ1n) is 1.21. The Kier molecular flexibility index (Phi) is 86.1. The van der Waals surface area contributed by atoms with Crippen LogP contribution in [0.3, 0.4) is 0 Å². The first kappa shape index (κ1) is 17.8. The Morgan fingerprint density at radius 2 is 1.60 bits per heavy atom. The zero-order chi connectivity index (χ0) is 2.71. The summed E-state index contributed by atoms with van der Waals surface area (Å²) in [5, 5.41) is 0. The molecule has 0 rings (SSSR count). The molecule has 0 atom stereocenters. The largest absolute Gasteiger partial charge is 2.00 e. The van der Waals surface area contributed by atoms with Gasteiger partial charge in [0.2, 0.25) is 0 Å². The summed E-state index contributed by atoms with van der Waals surface area (Å²) in [5.41, 5.74) is 0. The Morgan fingerprint density at radius 1 is 1.60 bits per heavy atom. The molecule has 1 heteroatoms. The minimum Gasteiger partial charge on any atom is -0.358 e. The first-order valence-corrected chi connectivity index (χ1v) is 1.21. The van der Waals surface area contributed by atoms with Crippen molar-refractivity contribution in [2.24, 2.45) is 0 Å². The molecule has 0 aromatic rings. The number of hydrogen-bond donors (Lipinski definition) is 0. The zero-order valence-electron chi connectivity index (χ0n) is 3.72. The van der Waals surface area contributed by atoms with E-state index >= 15 is 0 Å². The summed E-state index contributed by atoms with van der Waals surface area (Å²) in [4.78, 5) is 0. The molecular weight excluding hydrogens is 112 g/mol. The van der Waals surface area contributed by atoms with Crippen molar-refractivity contribution in [3.63, 3.8) is 0 Å². The average molecular weight is 122 g/mol. The molecule has 0 spiro atoms. The first-order chi connectivity index (χ1) is 1.41. The van der Waals surface area contributed by atoms with Gasteiger partial charge in [0.25, 0.3) is 0 Å². The van der Waals surface area contributed by atoms with Crippen molar-refractivity contribution in [2.75, 3.05) is 0 Å². The van der Waals surface area contributed by atoms with Crippen LogP contribution in [0.2, 0.25) is 0 Å². The third-order valence-electron chi connectivity index (χ3n) is 0. The summed E-state index contributed by atoms with van der Waals surface area (Å²) in [6, 6.07) is 0. The quantitative estimate of drug-likeness (QED) is 0.338. The standard InChI is InChI=1S/C3H7.CH3.Cu/c1-3-2;;/h1,3H2,2H3;1H3;/q2*-1;+2. The predicted octanol–water partition coefficient (Wildman–Crippen LogP) is 1.68. The molecule has 0 bridgehead atoms. The van der Waals surface area contributed by atoms with Crippen LogP contribution in [0.15, 0.2) is 0 Å². The summed E-state index contributed by atoms with van der Waals surface area (Å²) < 4.78 is 0. The van der Waals surface area contributed by atoms with Gasteiger partial charge in [-0.2, -0.15) is 6.42 Å². The molecule has 0 nitrogen and oxygen atoms in total. The minimum atomic E-state index is 0. The van der Waals surface area contributed by atoms with Gasteiger partial charge in [-0.3, -0.25) is 0 Å². The number of rotatable bonds is 0. The van der Waals surface area contributed by atoms with Crippen LogP contribution in [0, 0.1) is 14.4 Å². The van der Waals surface area contributed by atoms with Crippen LogP contribution >= 0.6 is 0 Å². The molecule has 0 unspecified atom stereocenters. The van der Waals surface area contributed by atoms with Crippen molar-refractivity contribution < 1.29 is 17.1 Å². The van der Waals surface area contributed by atoms with Crippen molar-refractivity contribution in [2.45, 2.75) is 13.3 Å². The summed E-state index contributed by atoms with van der Waals surface area (Å²) >= 11 is 0. The number of hydrogen-bond acceptors (Lipinski definition) is 0. The maximum Gasteiger partial charge on any atom is 2.00 e. The second kappa shape index (κ2) is 24.2. The molecule has 0 amide bonds. The summed E-state index contributed by atoms with van der Waals surface area (Å²) in [7, 11) is 0. The van der Waals surface area contributed by atoms with Crippen LogP contribution in [0.5, 0.6) is 0 Å². The Morgan fingerprint density at radius 3 is 1.60 bits per heavy atom. The van der Waals surface area contributed by atoms with E-state index in [0.29, 0.717) is 0 Å². The van der Waals surface area contributed by atoms with E-state index in [4.69, 9.17) is 0 Å². The average Bonchev–Trinajstić information content (AvgIpc) is 0.918. The molecule has 0 saturated carbocycles. The van der Waals surface area contributed by atoms with Crippen molar-refractivity contribution >= 4 is 0 Å². The van der Waals surface area contributed by atoms with E-state index in [0.717, 1.165) is 6.42 Å². The summed E-state index contributed by atoms with van der Waals surface area (Å²) in [6.45, 7) is 5.50. The topological polar surface area (TPSA) is 0 Å². The molecule has 0 fully saturated rings. The van der Waals surface area contributed by atoms with Crippen molar-refractivity contribution in [3.8, 4) is 0 Å².